The molecule has 1 unspecified atom stereocenters. The predicted octanol–water partition coefficient (Wildman–Crippen LogP) is 6.72. The number of urea groups is 1. The van der Waals surface area contributed by atoms with Crippen molar-refractivity contribution in [3.63, 3.8) is 0 Å². The van der Waals surface area contributed by atoms with E-state index in [0.29, 0.717) is 42.4 Å². The van der Waals surface area contributed by atoms with E-state index < -0.39 is 40.8 Å². The van der Waals surface area contributed by atoms with Gasteiger partial charge in [-0.25, -0.2) is 4.79 Å². The van der Waals surface area contributed by atoms with Gasteiger partial charge < -0.3 is 25.0 Å². The third kappa shape index (κ3) is 6.25. The molecule has 1 saturated heterocycles. The van der Waals surface area contributed by atoms with Crippen molar-refractivity contribution in [1.29, 1.82) is 5.26 Å². The van der Waals surface area contributed by atoms with Crippen molar-refractivity contribution in [2.45, 2.75) is 66.1 Å². The molecule has 0 bridgehead atoms. The minimum atomic E-state index is -4.00. The number of aliphatic hydroxyl groups is 1. The number of pyridine rings is 1. The minimum absolute atomic E-state index is 0.00526. The van der Waals surface area contributed by atoms with Crippen molar-refractivity contribution in [2.24, 2.45) is 0 Å². The number of carbonyl (C=O) groups is 2. The molecule has 16 heteroatoms. The molecule has 47 heavy (non-hydrogen) atoms. The molecule has 246 valence electrons. The molecule has 0 spiro atoms. The van der Waals surface area contributed by atoms with Gasteiger partial charge in [0.1, 0.15) is 17.0 Å². The van der Waals surface area contributed by atoms with Crippen molar-refractivity contribution in [2.75, 3.05) is 18.0 Å². The lowest BCUT2D eigenvalue weighted by atomic mass is 10.0. The summed E-state index contributed by atoms with van der Waals surface area (Å²) in [5, 5.41) is 26.5. The fraction of sp³-hybridized carbons (Fsp3) is 0.355. The molecule has 0 radical (unpaired) electrons. The number of rotatable bonds is 8. The van der Waals surface area contributed by atoms with Gasteiger partial charge in [0.2, 0.25) is 0 Å². The van der Waals surface area contributed by atoms with E-state index in [0.717, 1.165) is 18.9 Å². The van der Waals surface area contributed by atoms with E-state index in [2.05, 4.69) is 0 Å². The van der Waals surface area contributed by atoms with Crippen LogP contribution in [-0.2, 0) is 18.5 Å². The van der Waals surface area contributed by atoms with Crippen LogP contribution in [0.5, 0.6) is 5.75 Å². The number of aromatic hydroxyl groups is 1. The summed E-state index contributed by atoms with van der Waals surface area (Å²) in [6.07, 6.45) is 2.34. The standard InChI is InChI=1S/C31H26Cl3F2N5O5S/c32-19-5-2-15(14-42)26(33)27(19)47-23-12-24(31(34,35)36)38-28(44)25(23)29(45)41-13-16-10-21(22(43)11-18(16)20(41)6-7-37)40-9-1-8-39(30(40)46)17-3-4-17/h2,5,10-12,17,20,42-43H,1,3-4,6,8-9,13-14H2,(H,38,44). The van der Waals surface area contributed by atoms with Crippen molar-refractivity contribution >= 4 is 64.2 Å². The Kier molecular flexibility index (Phi) is 9.10. The third-order valence-corrected chi connectivity index (χ3v) is 10.8. The second kappa shape index (κ2) is 12.8. The molecule has 3 heterocycles. The second-order valence-electron chi connectivity index (χ2n) is 11.4. The number of aliphatic hydroxyl groups excluding tert-OH is 1. The van der Waals surface area contributed by atoms with Crippen LogP contribution in [0.25, 0.3) is 0 Å². The highest BCUT2D eigenvalue weighted by atomic mass is 35.5. The SMILES string of the molecule is N#CCC1c2cc(O)c(N3CCCN(C4CC4)C3=O)cc2CN1C(=O)c1c(Sc2c(Cl)ccc(CO)c2Cl)cc(C(F)(F)Cl)[nH]c1=O. The Hall–Kier alpha value is -3.54. The van der Waals surface area contributed by atoms with Gasteiger partial charge >= 0.3 is 11.4 Å². The van der Waals surface area contributed by atoms with E-state index in [1.165, 1.54) is 28.0 Å². The van der Waals surface area contributed by atoms with Crippen molar-refractivity contribution in [1.82, 2.24) is 14.8 Å². The van der Waals surface area contributed by atoms with Gasteiger partial charge in [-0.1, -0.05) is 41.0 Å². The van der Waals surface area contributed by atoms with E-state index in [1.807, 2.05) is 11.1 Å². The van der Waals surface area contributed by atoms with Crippen LogP contribution in [0.3, 0.4) is 0 Å². The summed E-state index contributed by atoms with van der Waals surface area (Å²) in [4.78, 5) is 47.3. The first-order valence-electron chi connectivity index (χ1n) is 14.6. The van der Waals surface area contributed by atoms with Crippen molar-refractivity contribution in [3.05, 3.63) is 78.7 Å². The summed E-state index contributed by atoms with van der Waals surface area (Å²) in [6.45, 7) is 0.436. The maximum Gasteiger partial charge on any atom is 0.362 e. The molecule has 3 amide bonds. The highest BCUT2D eigenvalue weighted by Gasteiger charge is 2.41. The number of H-pyrrole nitrogens is 1. The smallest absolute Gasteiger partial charge is 0.362 e. The Morgan fingerprint density at radius 1 is 1.17 bits per heavy atom. The lowest BCUT2D eigenvalue weighted by molar-refractivity contribution is 0.0684. The fourth-order valence-electron chi connectivity index (χ4n) is 5.99. The zero-order valence-electron chi connectivity index (χ0n) is 24.4. The lowest BCUT2D eigenvalue weighted by Gasteiger charge is -2.36. The number of phenols is 1. The molecule has 1 saturated carbocycles. The topological polar surface area (TPSA) is 141 Å². The Bertz CT molecular complexity index is 1890. The quantitative estimate of drug-likeness (QED) is 0.219. The van der Waals surface area contributed by atoms with Crippen LogP contribution in [0, 0.1) is 11.3 Å². The number of nitriles is 1. The van der Waals surface area contributed by atoms with Crippen LogP contribution in [0.2, 0.25) is 10.0 Å². The largest absolute Gasteiger partial charge is 0.506 e. The number of benzene rings is 2. The summed E-state index contributed by atoms with van der Waals surface area (Å²) < 4.78 is 28.5. The number of halogens is 5. The zero-order valence-corrected chi connectivity index (χ0v) is 27.5. The number of hydrogen-bond donors (Lipinski definition) is 3. The number of hydrogen-bond acceptors (Lipinski definition) is 7. The van der Waals surface area contributed by atoms with Crippen LogP contribution in [0.4, 0.5) is 19.3 Å². The summed E-state index contributed by atoms with van der Waals surface area (Å²) in [5.74, 6) is -1.10. The summed E-state index contributed by atoms with van der Waals surface area (Å²) in [5.41, 5.74) is -1.16. The van der Waals surface area contributed by atoms with E-state index in [9.17, 15) is 38.6 Å². The molecule has 1 aliphatic carbocycles. The zero-order chi connectivity index (χ0) is 33.8. The van der Waals surface area contributed by atoms with Crippen LogP contribution in [0.15, 0.2) is 44.9 Å². The second-order valence-corrected chi connectivity index (χ2v) is 13.7. The molecular weight excluding hydrogens is 699 g/mol. The van der Waals surface area contributed by atoms with Crippen LogP contribution < -0.4 is 10.5 Å². The Morgan fingerprint density at radius 2 is 1.91 bits per heavy atom. The van der Waals surface area contributed by atoms with Crippen molar-refractivity contribution < 1.29 is 28.6 Å². The number of nitrogens with one attached hydrogen (secondary N) is 1. The average molecular weight is 725 g/mol. The molecule has 6 rings (SSSR count). The number of nitrogens with zero attached hydrogens (tertiary/aromatic N) is 4. The van der Waals surface area contributed by atoms with E-state index in [-0.39, 0.29) is 61.9 Å². The summed E-state index contributed by atoms with van der Waals surface area (Å²) in [6, 6.07) is 7.84. The van der Waals surface area contributed by atoms with Crippen LogP contribution in [0.1, 0.15) is 64.5 Å². The highest BCUT2D eigenvalue weighted by Crippen LogP contribution is 2.46. The number of amides is 3. The van der Waals surface area contributed by atoms with Crippen LogP contribution >= 0.6 is 46.6 Å². The van der Waals surface area contributed by atoms with Gasteiger partial charge in [0, 0.05) is 35.5 Å². The summed E-state index contributed by atoms with van der Waals surface area (Å²) in [7, 11) is 0. The average Bonchev–Trinajstić information content (AvgIpc) is 3.81. The molecular formula is C31H26Cl3F2N5O5S. The van der Waals surface area contributed by atoms with E-state index >= 15 is 0 Å². The number of aromatic nitrogens is 1. The molecule has 1 aromatic heterocycles. The number of phenolic OH excluding ortho intramolecular Hbond substituents is 1. The molecule has 3 aliphatic rings. The number of fused-ring (bicyclic) bond motifs is 1. The Balaban J connectivity index is 1.40. The highest BCUT2D eigenvalue weighted by molar-refractivity contribution is 7.99. The molecule has 1 atom stereocenters. The number of anilines is 1. The molecule has 2 aromatic carbocycles. The minimum Gasteiger partial charge on any atom is -0.506 e. The molecule has 2 aliphatic heterocycles. The fourth-order valence-corrected chi connectivity index (χ4v) is 7.82. The maximum atomic E-state index is 14.3. The van der Waals surface area contributed by atoms with Crippen molar-refractivity contribution in [3.8, 4) is 11.8 Å². The first-order valence-corrected chi connectivity index (χ1v) is 16.5. The van der Waals surface area contributed by atoms with Gasteiger partial charge in [0.05, 0.1) is 40.9 Å². The summed E-state index contributed by atoms with van der Waals surface area (Å²) >= 11 is 18.7. The lowest BCUT2D eigenvalue weighted by Crippen LogP contribution is -2.50. The maximum absolute atomic E-state index is 14.3. The predicted molar refractivity (Wildman–Crippen MR) is 171 cm³/mol. The molecule has 3 aromatic rings. The molecule has 2 fully saturated rings. The Labute approximate surface area is 286 Å². The van der Waals surface area contributed by atoms with Crippen LogP contribution in [-0.4, -0.2) is 56.1 Å². The number of carbonyl (C=O) groups excluding carboxylic acids is 2. The van der Waals surface area contributed by atoms with Gasteiger partial charge in [-0.2, -0.15) is 14.0 Å². The first-order chi connectivity index (χ1) is 22.3. The normalized spacial score (nSPS) is 18.0. The Morgan fingerprint density at radius 3 is 2.57 bits per heavy atom. The monoisotopic (exact) mass is 723 g/mol. The number of aromatic amines is 1. The number of alkyl halides is 3. The van der Waals surface area contributed by atoms with Gasteiger partial charge in [0.15, 0.2) is 0 Å². The van der Waals surface area contributed by atoms with E-state index in [4.69, 9.17) is 34.8 Å². The molecule has 10 nitrogen and oxygen atoms in total. The van der Waals surface area contributed by atoms with E-state index in [1.54, 1.807) is 11.0 Å². The van der Waals surface area contributed by atoms with Gasteiger partial charge in [-0.05, 0) is 71.8 Å². The first kappa shape index (κ1) is 33.4. The third-order valence-electron chi connectivity index (χ3n) is 8.42. The van der Waals surface area contributed by atoms with Gasteiger partial charge in [0.25, 0.3) is 11.5 Å². The van der Waals surface area contributed by atoms with Gasteiger partial charge in [-0.15, -0.1) is 0 Å². The van der Waals surface area contributed by atoms with Gasteiger partial charge in [-0.3, -0.25) is 14.5 Å². The molecule has 3 N–H and O–H groups in total.